The maximum Gasteiger partial charge on any atom is 0.271 e. The normalized spacial score (nSPS) is 10.9. The summed E-state index contributed by atoms with van der Waals surface area (Å²) >= 11 is 0. The Kier molecular flexibility index (Phi) is 4.35. The van der Waals surface area contributed by atoms with Crippen molar-refractivity contribution >= 4 is 6.21 Å². The minimum absolute atomic E-state index is 0.132. The predicted octanol–water partition coefficient (Wildman–Crippen LogP) is 2.75. The monoisotopic (exact) mass is 270 g/mol. The number of para-hydroxylation sites is 1. The van der Waals surface area contributed by atoms with E-state index in [0.717, 1.165) is 22.6 Å². The molecule has 1 aromatic carbocycles. The number of ether oxygens (including phenoxy) is 1. The van der Waals surface area contributed by atoms with Crippen LogP contribution in [0, 0.1) is 13.8 Å². The molecule has 1 heterocycles. The van der Waals surface area contributed by atoms with Gasteiger partial charge in [0.25, 0.3) is 5.56 Å². The van der Waals surface area contributed by atoms with Gasteiger partial charge in [0.15, 0.2) is 0 Å². The first-order valence-electron chi connectivity index (χ1n) is 6.58. The van der Waals surface area contributed by atoms with Crippen LogP contribution in [0.5, 0.6) is 5.75 Å². The molecular formula is C16H18N2O2. The van der Waals surface area contributed by atoms with Crippen molar-refractivity contribution in [2.24, 2.45) is 5.10 Å². The van der Waals surface area contributed by atoms with Gasteiger partial charge in [-0.3, -0.25) is 4.79 Å². The Bertz CT molecular complexity index is 687. The minimum atomic E-state index is -0.132. The molecular weight excluding hydrogens is 252 g/mol. The Labute approximate surface area is 118 Å². The molecule has 0 amide bonds. The van der Waals surface area contributed by atoms with Crippen LogP contribution in [0.25, 0.3) is 0 Å². The maximum atomic E-state index is 11.9. The van der Waals surface area contributed by atoms with Crippen LogP contribution in [0.1, 0.15) is 23.7 Å². The third kappa shape index (κ3) is 3.15. The fraction of sp³-hybridized carbons (Fsp3) is 0.250. The van der Waals surface area contributed by atoms with Gasteiger partial charge < -0.3 is 4.74 Å². The summed E-state index contributed by atoms with van der Waals surface area (Å²) < 4.78 is 6.91. The summed E-state index contributed by atoms with van der Waals surface area (Å²) in [5, 5.41) is 4.26. The molecule has 20 heavy (non-hydrogen) atoms. The molecule has 0 atom stereocenters. The van der Waals surface area contributed by atoms with E-state index in [1.807, 2.05) is 51.1 Å². The SMILES string of the molecule is CCOc1ccccc1/C=N/n1c(C)cc(C)cc1=O. The average Bonchev–Trinajstić information content (AvgIpc) is 2.39. The zero-order chi connectivity index (χ0) is 14.5. The fourth-order valence-corrected chi connectivity index (χ4v) is 2.00. The molecule has 2 rings (SSSR count). The second kappa shape index (κ2) is 6.19. The van der Waals surface area contributed by atoms with Crippen molar-refractivity contribution in [1.29, 1.82) is 0 Å². The van der Waals surface area contributed by atoms with Gasteiger partial charge in [0.2, 0.25) is 0 Å². The third-order valence-electron chi connectivity index (χ3n) is 2.86. The highest BCUT2D eigenvalue weighted by Crippen LogP contribution is 2.15. The first kappa shape index (κ1) is 14.1. The van der Waals surface area contributed by atoms with Crippen LogP contribution >= 0.6 is 0 Å². The standard InChI is InChI=1S/C16H18N2O2/c1-4-20-15-8-6-5-7-14(15)11-17-18-13(3)9-12(2)10-16(18)19/h5-11H,4H2,1-3H3/b17-11+. The zero-order valence-corrected chi connectivity index (χ0v) is 12.0. The van der Waals surface area contributed by atoms with Crippen molar-refractivity contribution in [2.45, 2.75) is 20.8 Å². The van der Waals surface area contributed by atoms with Crippen LogP contribution in [0.15, 0.2) is 46.3 Å². The van der Waals surface area contributed by atoms with E-state index in [0.29, 0.717) is 6.61 Å². The zero-order valence-electron chi connectivity index (χ0n) is 12.0. The Morgan fingerprint density at radius 3 is 2.70 bits per heavy atom. The molecule has 0 spiro atoms. The van der Waals surface area contributed by atoms with Crippen LogP contribution in [0.2, 0.25) is 0 Å². The fourth-order valence-electron chi connectivity index (χ4n) is 2.00. The van der Waals surface area contributed by atoms with Gasteiger partial charge in [-0.15, -0.1) is 0 Å². The molecule has 0 bridgehead atoms. The molecule has 0 saturated carbocycles. The van der Waals surface area contributed by atoms with Gasteiger partial charge in [0.1, 0.15) is 5.75 Å². The number of hydrogen-bond donors (Lipinski definition) is 0. The molecule has 4 heteroatoms. The van der Waals surface area contributed by atoms with Gasteiger partial charge in [0, 0.05) is 17.3 Å². The molecule has 4 nitrogen and oxygen atoms in total. The van der Waals surface area contributed by atoms with E-state index < -0.39 is 0 Å². The average molecular weight is 270 g/mol. The smallest absolute Gasteiger partial charge is 0.271 e. The van der Waals surface area contributed by atoms with Crippen molar-refractivity contribution in [3.63, 3.8) is 0 Å². The molecule has 0 aliphatic carbocycles. The number of hydrogen-bond acceptors (Lipinski definition) is 3. The summed E-state index contributed by atoms with van der Waals surface area (Å²) in [5.41, 5.74) is 2.46. The molecule has 0 aliphatic heterocycles. The second-order valence-corrected chi connectivity index (χ2v) is 4.54. The highest BCUT2D eigenvalue weighted by Gasteiger charge is 2.01. The van der Waals surface area contributed by atoms with Gasteiger partial charge in [-0.25, -0.2) is 4.68 Å². The van der Waals surface area contributed by atoms with Crippen LogP contribution in [-0.4, -0.2) is 17.5 Å². The highest BCUT2D eigenvalue weighted by molar-refractivity contribution is 5.83. The first-order valence-corrected chi connectivity index (χ1v) is 6.58. The van der Waals surface area contributed by atoms with Crippen LogP contribution < -0.4 is 10.3 Å². The molecule has 1 aromatic heterocycles. The lowest BCUT2D eigenvalue weighted by molar-refractivity contribution is 0.340. The lowest BCUT2D eigenvalue weighted by Gasteiger charge is -2.07. The number of aromatic nitrogens is 1. The quantitative estimate of drug-likeness (QED) is 0.802. The summed E-state index contributed by atoms with van der Waals surface area (Å²) in [4.78, 5) is 11.9. The maximum absolute atomic E-state index is 11.9. The van der Waals surface area contributed by atoms with E-state index in [-0.39, 0.29) is 5.56 Å². The molecule has 0 aliphatic rings. The molecule has 0 saturated heterocycles. The Balaban J connectivity index is 2.37. The van der Waals surface area contributed by atoms with Crippen LogP contribution in [0.3, 0.4) is 0 Å². The number of aryl methyl sites for hydroxylation is 2. The lowest BCUT2D eigenvalue weighted by Crippen LogP contribution is -2.18. The summed E-state index contributed by atoms with van der Waals surface area (Å²) in [6.45, 7) is 6.28. The van der Waals surface area contributed by atoms with E-state index >= 15 is 0 Å². The van der Waals surface area contributed by atoms with Crippen molar-refractivity contribution < 1.29 is 4.74 Å². The van der Waals surface area contributed by atoms with Gasteiger partial charge in [-0.05, 0) is 44.5 Å². The van der Waals surface area contributed by atoms with Gasteiger partial charge >= 0.3 is 0 Å². The molecule has 0 unspecified atom stereocenters. The number of benzene rings is 1. The lowest BCUT2D eigenvalue weighted by atomic mass is 10.2. The van der Waals surface area contributed by atoms with E-state index in [1.54, 1.807) is 12.3 Å². The van der Waals surface area contributed by atoms with Gasteiger partial charge in [-0.2, -0.15) is 5.10 Å². The van der Waals surface area contributed by atoms with Crippen molar-refractivity contribution in [1.82, 2.24) is 4.68 Å². The number of pyridine rings is 1. The first-order chi connectivity index (χ1) is 9.61. The Morgan fingerprint density at radius 2 is 2.00 bits per heavy atom. The Morgan fingerprint density at radius 1 is 1.25 bits per heavy atom. The van der Waals surface area contributed by atoms with E-state index in [1.165, 1.54) is 4.68 Å². The van der Waals surface area contributed by atoms with Crippen molar-refractivity contribution in [3.05, 3.63) is 63.6 Å². The summed E-state index contributed by atoms with van der Waals surface area (Å²) in [6.07, 6.45) is 1.65. The van der Waals surface area contributed by atoms with Crippen molar-refractivity contribution in [3.8, 4) is 5.75 Å². The van der Waals surface area contributed by atoms with Gasteiger partial charge in [-0.1, -0.05) is 12.1 Å². The third-order valence-corrected chi connectivity index (χ3v) is 2.86. The molecule has 0 N–H and O–H groups in total. The topological polar surface area (TPSA) is 43.6 Å². The molecule has 2 aromatic rings. The predicted molar refractivity (Wildman–Crippen MR) is 80.8 cm³/mol. The Hall–Kier alpha value is -2.36. The van der Waals surface area contributed by atoms with E-state index in [4.69, 9.17) is 4.74 Å². The van der Waals surface area contributed by atoms with Crippen LogP contribution in [0.4, 0.5) is 0 Å². The number of rotatable bonds is 4. The summed E-state index contributed by atoms with van der Waals surface area (Å²) in [6, 6.07) is 11.1. The second-order valence-electron chi connectivity index (χ2n) is 4.54. The van der Waals surface area contributed by atoms with Gasteiger partial charge in [0.05, 0.1) is 12.8 Å². The van der Waals surface area contributed by atoms with Crippen molar-refractivity contribution in [2.75, 3.05) is 6.61 Å². The molecule has 0 fully saturated rings. The molecule has 104 valence electrons. The largest absolute Gasteiger partial charge is 0.493 e. The summed E-state index contributed by atoms with van der Waals surface area (Å²) in [7, 11) is 0. The van der Waals surface area contributed by atoms with E-state index in [2.05, 4.69) is 5.10 Å². The van der Waals surface area contributed by atoms with Crippen LogP contribution in [-0.2, 0) is 0 Å². The highest BCUT2D eigenvalue weighted by atomic mass is 16.5. The molecule has 0 radical (unpaired) electrons. The number of nitrogens with zero attached hydrogens (tertiary/aromatic N) is 2. The van der Waals surface area contributed by atoms with E-state index in [9.17, 15) is 4.79 Å². The summed E-state index contributed by atoms with van der Waals surface area (Å²) in [5.74, 6) is 0.761. The minimum Gasteiger partial charge on any atom is -0.493 e.